The van der Waals surface area contributed by atoms with Gasteiger partial charge >= 0.3 is 5.97 Å². The highest BCUT2D eigenvalue weighted by molar-refractivity contribution is 8.03. The molecule has 0 atom stereocenters. The zero-order valence-corrected chi connectivity index (χ0v) is 12.8. The van der Waals surface area contributed by atoms with E-state index in [9.17, 15) is 24.5 Å². The highest BCUT2D eigenvalue weighted by atomic mass is 35.5. The van der Waals surface area contributed by atoms with E-state index in [0.29, 0.717) is 9.31 Å². The van der Waals surface area contributed by atoms with E-state index >= 15 is 0 Å². The van der Waals surface area contributed by atoms with Crippen molar-refractivity contribution in [1.82, 2.24) is 4.42 Å². The number of nitro benzene ring substituents is 1. The Morgan fingerprint density at radius 3 is 2.30 bits per heavy atom. The van der Waals surface area contributed by atoms with Crippen molar-refractivity contribution in [2.24, 2.45) is 0 Å². The van der Waals surface area contributed by atoms with Gasteiger partial charge in [-0.25, -0.2) is 4.79 Å². The monoisotopic (exact) mass is 357 g/mol. The first-order valence-electron chi connectivity index (χ1n) is 5.87. The van der Waals surface area contributed by atoms with Gasteiger partial charge in [-0.15, -0.1) is 0 Å². The first-order valence-corrected chi connectivity index (χ1v) is 7.02. The van der Waals surface area contributed by atoms with Gasteiger partial charge in [0.25, 0.3) is 5.69 Å². The molecule has 0 spiro atoms. The van der Waals surface area contributed by atoms with Crippen LogP contribution in [0.2, 0.25) is 0 Å². The fourth-order valence-electron chi connectivity index (χ4n) is 1.51. The third kappa shape index (κ3) is 4.94. The summed E-state index contributed by atoms with van der Waals surface area (Å²) in [6.45, 7) is 0. The number of nitriles is 1. The summed E-state index contributed by atoms with van der Waals surface area (Å²) in [5.74, 6) is -1.98. The molecule has 1 saturated heterocycles. The average Bonchev–Trinajstić information content (AvgIpc) is 2.79. The van der Waals surface area contributed by atoms with Crippen molar-refractivity contribution in [2.45, 2.75) is 17.7 Å². The number of thiocyanates is 1. The van der Waals surface area contributed by atoms with Crippen LogP contribution in [0, 0.1) is 20.8 Å². The van der Waals surface area contributed by atoms with Crippen LogP contribution in [0.25, 0.3) is 0 Å². The maximum Gasteiger partial charge on any atom is 0.342 e. The molecule has 2 rings (SSSR count). The molecule has 1 aromatic rings. The van der Waals surface area contributed by atoms with Crippen LogP contribution in [-0.4, -0.2) is 32.2 Å². The van der Waals surface area contributed by atoms with Crippen LogP contribution < -0.4 is 0 Å². The fraction of sp³-hybridized carbons (Fsp3) is 0.167. The van der Waals surface area contributed by atoms with Crippen LogP contribution in [-0.2, 0) is 9.59 Å². The van der Waals surface area contributed by atoms with Gasteiger partial charge in [0.2, 0.25) is 11.8 Å². The Morgan fingerprint density at radius 2 is 1.96 bits per heavy atom. The molecule has 1 N–H and O–H groups in total. The largest absolute Gasteiger partial charge is 0.477 e. The lowest BCUT2D eigenvalue weighted by atomic mass is 10.2. The summed E-state index contributed by atoms with van der Waals surface area (Å²) in [6.07, 6.45) is 0.532. The van der Waals surface area contributed by atoms with Crippen molar-refractivity contribution in [3.05, 3.63) is 33.9 Å². The number of imide groups is 1. The van der Waals surface area contributed by atoms with Gasteiger partial charge in [-0.2, -0.15) is 9.68 Å². The van der Waals surface area contributed by atoms with Gasteiger partial charge in [-0.3, -0.25) is 19.7 Å². The smallest absolute Gasteiger partial charge is 0.342 e. The van der Waals surface area contributed by atoms with Crippen molar-refractivity contribution in [2.75, 3.05) is 0 Å². The number of amides is 2. The number of benzene rings is 1. The molecule has 120 valence electrons. The van der Waals surface area contributed by atoms with Crippen LogP contribution in [0.3, 0.4) is 0 Å². The number of carbonyl (C=O) groups excluding carboxylic acids is 2. The molecular formula is C12H8ClN3O6S. The standard InChI is InChI=1S/C8H4N2O4S.C4H4ClNO2/c9-4-15-5-1-2-7(10(13)14)6(3-5)8(11)12;5-6-3(7)1-2-4(6)8/h1-3H,(H,11,12);1-2H2. The number of rotatable bonds is 3. The van der Waals surface area contributed by atoms with Crippen molar-refractivity contribution < 1.29 is 24.4 Å². The van der Waals surface area contributed by atoms with Gasteiger partial charge in [0.1, 0.15) is 11.0 Å². The summed E-state index contributed by atoms with van der Waals surface area (Å²) >= 11 is 5.89. The molecule has 23 heavy (non-hydrogen) atoms. The number of carboxylic acids is 1. The van der Waals surface area contributed by atoms with Gasteiger partial charge in [0.05, 0.1) is 4.92 Å². The van der Waals surface area contributed by atoms with Crippen LogP contribution in [0.5, 0.6) is 0 Å². The first-order chi connectivity index (χ1) is 10.8. The van der Waals surface area contributed by atoms with Gasteiger partial charge in [0.15, 0.2) is 0 Å². The lowest BCUT2D eigenvalue weighted by molar-refractivity contribution is -0.385. The topological polar surface area (TPSA) is 142 Å². The fourth-order valence-corrected chi connectivity index (χ4v) is 2.10. The number of nitro groups is 1. The Kier molecular flexibility index (Phi) is 6.49. The predicted molar refractivity (Wildman–Crippen MR) is 78.5 cm³/mol. The predicted octanol–water partition coefficient (Wildman–Crippen LogP) is 2.16. The molecule has 1 aromatic carbocycles. The summed E-state index contributed by atoms with van der Waals surface area (Å²) in [7, 11) is 0. The number of carbonyl (C=O) groups is 3. The Balaban J connectivity index is 0.000000277. The molecular weight excluding hydrogens is 350 g/mol. The molecule has 0 aliphatic carbocycles. The summed E-state index contributed by atoms with van der Waals surface area (Å²) in [5.41, 5.74) is -0.898. The van der Waals surface area contributed by atoms with Gasteiger partial charge in [-0.05, 0) is 23.9 Å². The number of nitrogens with zero attached hydrogens (tertiary/aromatic N) is 3. The molecule has 0 unspecified atom stereocenters. The van der Waals surface area contributed by atoms with E-state index in [-0.39, 0.29) is 24.7 Å². The number of thioether (sulfide) groups is 1. The van der Waals surface area contributed by atoms with Gasteiger partial charge < -0.3 is 5.11 Å². The minimum Gasteiger partial charge on any atom is -0.477 e. The van der Waals surface area contributed by atoms with Gasteiger partial charge in [-0.1, -0.05) is 0 Å². The molecule has 1 fully saturated rings. The second kappa shape index (κ2) is 8.11. The van der Waals surface area contributed by atoms with Crippen molar-refractivity contribution >= 4 is 47.0 Å². The zero-order valence-electron chi connectivity index (χ0n) is 11.3. The average molecular weight is 358 g/mol. The molecule has 2 amide bonds. The van der Waals surface area contributed by atoms with Crippen LogP contribution in [0.15, 0.2) is 23.1 Å². The van der Waals surface area contributed by atoms with E-state index in [1.807, 2.05) is 0 Å². The number of halogens is 1. The van der Waals surface area contributed by atoms with E-state index in [1.54, 1.807) is 5.40 Å². The quantitative estimate of drug-likeness (QED) is 0.216. The number of hydrogen-bond acceptors (Lipinski definition) is 7. The number of aromatic carboxylic acids is 1. The highest BCUT2D eigenvalue weighted by Gasteiger charge is 2.26. The molecule has 9 nitrogen and oxygen atoms in total. The highest BCUT2D eigenvalue weighted by Crippen LogP contribution is 2.25. The SMILES string of the molecule is N#CSc1ccc([N+](=O)[O-])c(C(=O)O)c1.O=C1CCC(=O)N1Cl. The van der Waals surface area contributed by atoms with E-state index in [4.69, 9.17) is 22.1 Å². The van der Waals surface area contributed by atoms with E-state index in [0.717, 1.165) is 23.9 Å². The van der Waals surface area contributed by atoms with Crippen LogP contribution >= 0.6 is 23.5 Å². The van der Waals surface area contributed by atoms with E-state index in [2.05, 4.69) is 0 Å². The van der Waals surface area contributed by atoms with E-state index < -0.39 is 22.1 Å². The molecule has 0 aromatic heterocycles. The van der Waals surface area contributed by atoms with Gasteiger partial charge in [0, 0.05) is 35.6 Å². The molecule has 0 radical (unpaired) electrons. The lowest BCUT2D eigenvalue weighted by Gasteiger charge is -1.99. The van der Waals surface area contributed by atoms with Crippen molar-refractivity contribution in [3.63, 3.8) is 0 Å². The summed E-state index contributed by atoms with van der Waals surface area (Å²) in [6, 6.07) is 3.51. The molecule has 0 bridgehead atoms. The molecule has 1 aliphatic rings. The Bertz CT molecular complexity index is 701. The van der Waals surface area contributed by atoms with Crippen LogP contribution in [0.4, 0.5) is 5.69 Å². The molecule has 0 saturated carbocycles. The zero-order chi connectivity index (χ0) is 17.6. The second-order valence-electron chi connectivity index (χ2n) is 4.00. The summed E-state index contributed by atoms with van der Waals surface area (Å²) in [5, 5.41) is 29.3. The molecule has 1 heterocycles. The lowest BCUT2D eigenvalue weighted by Crippen LogP contribution is -2.16. The normalized spacial score (nSPS) is 13.1. The number of hydrogen-bond donors (Lipinski definition) is 1. The third-order valence-electron chi connectivity index (χ3n) is 2.55. The first kappa shape index (κ1) is 18.4. The summed E-state index contributed by atoms with van der Waals surface area (Å²) in [4.78, 5) is 41.5. The molecule has 1 aliphatic heterocycles. The van der Waals surface area contributed by atoms with Crippen LogP contribution in [0.1, 0.15) is 23.2 Å². The Labute approximate surface area is 138 Å². The maximum absolute atomic E-state index is 10.7. The minimum atomic E-state index is -1.39. The maximum atomic E-state index is 10.7. The second-order valence-corrected chi connectivity index (χ2v) is 5.20. The van der Waals surface area contributed by atoms with Crippen molar-refractivity contribution in [3.8, 4) is 5.40 Å². The third-order valence-corrected chi connectivity index (χ3v) is 3.51. The Morgan fingerprint density at radius 1 is 1.39 bits per heavy atom. The number of carboxylic acid groups (broad SMARTS) is 1. The summed E-state index contributed by atoms with van der Waals surface area (Å²) < 4.78 is 0.639. The molecule has 11 heteroatoms. The van der Waals surface area contributed by atoms with Crippen molar-refractivity contribution in [1.29, 1.82) is 5.26 Å². The van der Waals surface area contributed by atoms with E-state index in [1.165, 1.54) is 6.07 Å². The minimum absolute atomic E-state index is 0.266. The Hall–Kier alpha value is -2.64.